The van der Waals surface area contributed by atoms with Crippen molar-refractivity contribution >= 4 is 10.8 Å². The molecule has 3 heteroatoms. The lowest BCUT2D eigenvalue weighted by Crippen LogP contribution is -2.24. The van der Waals surface area contributed by atoms with Crippen LogP contribution in [0, 0.1) is 6.92 Å². The minimum absolute atomic E-state index is 0.283. The highest BCUT2D eigenvalue weighted by Crippen LogP contribution is 2.42. The van der Waals surface area contributed by atoms with Crippen LogP contribution in [0.2, 0.25) is 0 Å². The van der Waals surface area contributed by atoms with Gasteiger partial charge in [-0.2, -0.15) is 0 Å². The average Bonchev–Trinajstić information content (AvgIpc) is 2.71. The van der Waals surface area contributed by atoms with Gasteiger partial charge in [0.1, 0.15) is 0 Å². The van der Waals surface area contributed by atoms with E-state index >= 15 is 0 Å². The summed E-state index contributed by atoms with van der Waals surface area (Å²) in [7, 11) is -1.09. The molecule has 3 atom stereocenters. The highest BCUT2D eigenvalue weighted by atomic mass is 32.2. The van der Waals surface area contributed by atoms with Crippen molar-refractivity contribution in [2.45, 2.75) is 42.0 Å². The van der Waals surface area contributed by atoms with Gasteiger partial charge in [-0.25, -0.2) is 4.21 Å². The molecule has 3 aromatic rings. The van der Waals surface area contributed by atoms with Crippen LogP contribution in [0.1, 0.15) is 47.6 Å². The Kier molecular flexibility index (Phi) is 5.24. The van der Waals surface area contributed by atoms with E-state index in [0.29, 0.717) is 6.04 Å². The lowest BCUT2D eigenvalue weighted by Gasteiger charge is -2.30. The molecule has 0 bridgehead atoms. The minimum atomic E-state index is -1.09. The van der Waals surface area contributed by atoms with Gasteiger partial charge in [-0.1, -0.05) is 60.7 Å². The van der Waals surface area contributed by atoms with E-state index in [2.05, 4.69) is 67.7 Å². The molecule has 0 radical (unpaired) electrons. The van der Waals surface area contributed by atoms with Gasteiger partial charge in [0.2, 0.25) is 0 Å². The predicted molar refractivity (Wildman–Crippen MR) is 112 cm³/mol. The molecule has 4 rings (SSSR count). The van der Waals surface area contributed by atoms with Gasteiger partial charge in [-0.15, -0.1) is 0 Å². The van der Waals surface area contributed by atoms with Crippen LogP contribution in [0.3, 0.4) is 0 Å². The van der Waals surface area contributed by atoms with Crippen LogP contribution in [-0.2, 0) is 10.8 Å². The Balaban J connectivity index is 1.59. The first kappa shape index (κ1) is 18.1. The first-order chi connectivity index (χ1) is 13.2. The molecule has 0 amide bonds. The molecule has 0 aliphatic carbocycles. The van der Waals surface area contributed by atoms with Crippen molar-refractivity contribution in [2.75, 3.05) is 6.54 Å². The number of aryl methyl sites for hydroxylation is 1. The van der Waals surface area contributed by atoms with Crippen molar-refractivity contribution in [1.29, 1.82) is 0 Å². The standard InChI is InChI=1S/C24H25NOS/c1-17-9-8-14-23-24(17)21(20-12-6-7-13-22(20)27(23)26)15-16-25-18(2)19-10-4-3-5-11-19/h3-14,18,21,25H,15-16H2,1-2H3. The fourth-order valence-corrected chi connectivity index (χ4v) is 5.65. The molecular weight excluding hydrogens is 350 g/mol. The summed E-state index contributed by atoms with van der Waals surface area (Å²) in [5, 5.41) is 3.66. The molecular formula is C24H25NOS. The summed E-state index contributed by atoms with van der Waals surface area (Å²) in [5.41, 5.74) is 5.01. The molecule has 0 saturated carbocycles. The van der Waals surface area contributed by atoms with Gasteiger partial charge in [0.25, 0.3) is 0 Å². The predicted octanol–water partition coefficient (Wildman–Crippen LogP) is 5.35. The van der Waals surface area contributed by atoms with Crippen molar-refractivity contribution in [3.05, 3.63) is 95.1 Å². The summed E-state index contributed by atoms with van der Waals surface area (Å²) in [6.07, 6.45) is 0.989. The van der Waals surface area contributed by atoms with E-state index in [1.165, 1.54) is 22.3 Å². The van der Waals surface area contributed by atoms with Crippen LogP contribution in [0.4, 0.5) is 0 Å². The molecule has 27 heavy (non-hydrogen) atoms. The largest absolute Gasteiger partial charge is 0.310 e. The highest BCUT2D eigenvalue weighted by molar-refractivity contribution is 7.85. The number of nitrogens with one attached hydrogen (secondary N) is 1. The summed E-state index contributed by atoms with van der Waals surface area (Å²) in [5.74, 6) is 0.283. The van der Waals surface area contributed by atoms with Crippen LogP contribution >= 0.6 is 0 Å². The van der Waals surface area contributed by atoms with Gasteiger partial charge in [0.05, 0.1) is 10.8 Å². The van der Waals surface area contributed by atoms with Crippen LogP contribution in [0.25, 0.3) is 0 Å². The minimum Gasteiger partial charge on any atom is -0.310 e. The Morgan fingerprint density at radius 3 is 2.44 bits per heavy atom. The van der Waals surface area contributed by atoms with E-state index in [-0.39, 0.29) is 5.92 Å². The first-order valence-electron chi connectivity index (χ1n) is 9.55. The molecule has 1 heterocycles. The fourth-order valence-electron chi connectivity index (χ4n) is 4.08. The van der Waals surface area contributed by atoms with E-state index in [9.17, 15) is 4.21 Å². The molecule has 0 saturated heterocycles. The quantitative estimate of drug-likeness (QED) is 0.651. The summed E-state index contributed by atoms with van der Waals surface area (Å²) in [6.45, 7) is 5.25. The van der Waals surface area contributed by atoms with E-state index < -0.39 is 10.8 Å². The van der Waals surface area contributed by atoms with Crippen LogP contribution in [-0.4, -0.2) is 10.8 Å². The molecule has 0 spiro atoms. The number of hydrogen-bond acceptors (Lipinski definition) is 2. The third-order valence-corrected chi connectivity index (χ3v) is 7.04. The summed E-state index contributed by atoms with van der Waals surface area (Å²) in [6, 6.07) is 25.3. The molecule has 3 aromatic carbocycles. The second-order valence-electron chi connectivity index (χ2n) is 7.22. The van der Waals surface area contributed by atoms with Gasteiger partial charge in [-0.3, -0.25) is 0 Å². The molecule has 0 fully saturated rings. The second-order valence-corrected chi connectivity index (χ2v) is 8.64. The molecule has 1 aliphatic heterocycles. The lowest BCUT2D eigenvalue weighted by molar-refractivity contribution is 0.533. The Hall–Kier alpha value is -2.23. The monoisotopic (exact) mass is 375 g/mol. The van der Waals surface area contributed by atoms with E-state index in [4.69, 9.17) is 0 Å². The van der Waals surface area contributed by atoms with Crippen molar-refractivity contribution in [2.24, 2.45) is 0 Å². The van der Waals surface area contributed by atoms with E-state index in [1.807, 2.05) is 24.3 Å². The smallest absolute Gasteiger partial charge is 0.0855 e. The van der Waals surface area contributed by atoms with Crippen LogP contribution in [0.15, 0.2) is 82.6 Å². The maximum Gasteiger partial charge on any atom is 0.0855 e. The topological polar surface area (TPSA) is 29.1 Å². The number of rotatable bonds is 5. The average molecular weight is 376 g/mol. The molecule has 0 aromatic heterocycles. The van der Waals surface area contributed by atoms with Gasteiger partial charge < -0.3 is 5.32 Å². The Morgan fingerprint density at radius 2 is 1.63 bits per heavy atom. The van der Waals surface area contributed by atoms with Crippen molar-refractivity contribution in [1.82, 2.24) is 5.32 Å². The zero-order chi connectivity index (χ0) is 18.8. The molecule has 1 N–H and O–H groups in total. The normalized spacial score (nSPS) is 19.2. The maximum atomic E-state index is 13.1. The summed E-state index contributed by atoms with van der Waals surface area (Å²) in [4.78, 5) is 1.95. The van der Waals surface area contributed by atoms with Crippen molar-refractivity contribution < 1.29 is 4.21 Å². The lowest BCUT2D eigenvalue weighted by atomic mass is 9.85. The Morgan fingerprint density at radius 1 is 0.926 bits per heavy atom. The third-order valence-electron chi connectivity index (χ3n) is 5.51. The Labute approximate surface area is 164 Å². The van der Waals surface area contributed by atoms with Crippen LogP contribution < -0.4 is 5.32 Å². The van der Waals surface area contributed by atoms with Crippen LogP contribution in [0.5, 0.6) is 0 Å². The first-order valence-corrected chi connectivity index (χ1v) is 10.7. The summed E-state index contributed by atoms with van der Waals surface area (Å²) < 4.78 is 13.1. The highest BCUT2D eigenvalue weighted by Gasteiger charge is 2.30. The van der Waals surface area contributed by atoms with Crippen molar-refractivity contribution in [3.63, 3.8) is 0 Å². The van der Waals surface area contributed by atoms with E-state index in [1.54, 1.807) is 0 Å². The molecule has 3 unspecified atom stereocenters. The van der Waals surface area contributed by atoms with Gasteiger partial charge in [0, 0.05) is 21.8 Å². The fraction of sp³-hybridized carbons (Fsp3) is 0.250. The number of benzene rings is 3. The Bertz CT molecular complexity index is 967. The second kappa shape index (κ2) is 7.79. The molecule has 2 nitrogen and oxygen atoms in total. The SMILES string of the molecule is Cc1cccc2c1C(CCNC(C)c1ccccc1)c1ccccc1S2=O. The number of fused-ring (bicyclic) bond motifs is 2. The van der Waals surface area contributed by atoms with Gasteiger partial charge in [0.15, 0.2) is 0 Å². The zero-order valence-corrected chi connectivity index (χ0v) is 16.6. The summed E-state index contributed by atoms with van der Waals surface area (Å²) >= 11 is 0. The van der Waals surface area contributed by atoms with E-state index in [0.717, 1.165) is 22.8 Å². The molecule has 1 aliphatic rings. The zero-order valence-electron chi connectivity index (χ0n) is 15.8. The molecule has 138 valence electrons. The number of hydrogen-bond donors (Lipinski definition) is 1. The van der Waals surface area contributed by atoms with Crippen molar-refractivity contribution in [3.8, 4) is 0 Å². The van der Waals surface area contributed by atoms with Gasteiger partial charge in [-0.05, 0) is 61.2 Å². The van der Waals surface area contributed by atoms with Gasteiger partial charge >= 0.3 is 0 Å². The maximum absolute atomic E-state index is 13.1. The third kappa shape index (κ3) is 3.50.